The van der Waals surface area contributed by atoms with Crippen LogP contribution in [0.2, 0.25) is 0 Å². The summed E-state index contributed by atoms with van der Waals surface area (Å²) < 4.78 is 6.29. The summed E-state index contributed by atoms with van der Waals surface area (Å²) in [5, 5.41) is 16.2. The maximum absolute atomic E-state index is 11.1. The fourth-order valence-electron chi connectivity index (χ4n) is 1.70. The van der Waals surface area contributed by atoms with Gasteiger partial charge in [0.15, 0.2) is 0 Å². The number of nitro groups is 1. The van der Waals surface area contributed by atoms with Crippen molar-refractivity contribution in [3.8, 4) is 5.75 Å². The van der Waals surface area contributed by atoms with E-state index >= 15 is 0 Å². The minimum absolute atomic E-state index is 0.0172. The molecule has 1 aromatic heterocycles. The molecule has 0 aliphatic heterocycles. The molecule has 1 N–H and O–H groups in total. The van der Waals surface area contributed by atoms with E-state index in [0.29, 0.717) is 24.6 Å². The first kappa shape index (κ1) is 14.8. The van der Waals surface area contributed by atoms with E-state index in [4.69, 9.17) is 4.74 Å². The van der Waals surface area contributed by atoms with Gasteiger partial charge in [-0.15, -0.1) is 11.3 Å². The van der Waals surface area contributed by atoms with Gasteiger partial charge in [0, 0.05) is 9.35 Å². The zero-order valence-electron chi connectivity index (χ0n) is 10.8. The molecule has 0 amide bonds. The molecule has 5 nitrogen and oxygen atoms in total. The number of halogens is 1. The highest BCUT2D eigenvalue weighted by Gasteiger charge is 2.15. The molecular weight excluding hydrogens is 344 g/mol. The number of nitro benzene ring substituents is 1. The average Bonchev–Trinajstić information content (AvgIpc) is 2.83. The fourth-order valence-corrected chi connectivity index (χ4v) is 3.13. The molecule has 2 aromatic rings. The molecular formula is C13H13BrN2O3S. The van der Waals surface area contributed by atoms with Crippen LogP contribution in [0, 0.1) is 10.1 Å². The van der Waals surface area contributed by atoms with Gasteiger partial charge in [-0.05, 0) is 46.4 Å². The van der Waals surface area contributed by atoms with Crippen LogP contribution in [0.3, 0.4) is 0 Å². The summed E-state index contributed by atoms with van der Waals surface area (Å²) in [6.07, 6.45) is 0. The molecule has 106 valence electrons. The zero-order chi connectivity index (χ0) is 14.5. The van der Waals surface area contributed by atoms with E-state index in [1.807, 2.05) is 18.4 Å². The van der Waals surface area contributed by atoms with Crippen molar-refractivity contribution in [3.05, 3.63) is 49.1 Å². The lowest BCUT2D eigenvalue weighted by Gasteiger charge is -2.08. The molecule has 1 aromatic carbocycles. The van der Waals surface area contributed by atoms with E-state index in [1.54, 1.807) is 23.5 Å². The van der Waals surface area contributed by atoms with Crippen molar-refractivity contribution in [3.63, 3.8) is 0 Å². The fraction of sp³-hybridized carbons (Fsp3) is 0.231. The summed E-state index contributed by atoms with van der Waals surface area (Å²) in [5.41, 5.74) is 0.502. The first-order valence-electron chi connectivity index (χ1n) is 5.98. The highest BCUT2D eigenvalue weighted by atomic mass is 79.9. The van der Waals surface area contributed by atoms with Crippen molar-refractivity contribution >= 4 is 38.6 Å². The Balaban J connectivity index is 2.18. The van der Waals surface area contributed by atoms with Gasteiger partial charge in [-0.3, -0.25) is 10.1 Å². The standard InChI is InChI=1S/C13H13BrN2O3S/c1-2-19-9-3-4-11(12(7-9)16(17)18)15-8-13-10(14)5-6-20-13/h3-7,15H,2,8H2,1H3. The number of rotatable bonds is 6. The Hall–Kier alpha value is -1.60. The molecule has 0 aliphatic carbocycles. The van der Waals surface area contributed by atoms with Gasteiger partial charge in [0.1, 0.15) is 11.4 Å². The van der Waals surface area contributed by atoms with Gasteiger partial charge in [-0.1, -0.05) is 0 Å². The van der Waals surface area contributed by atoms with E-state index in [2.05, 4.69) is 21.2 Å². The van der Waals surface area contributed by atoms with Crippen LogP contribution < -0.4 is 10.1 Å². The SMILES string of the molecule is CCOc1ccc(NCc2sccc2Br)c([N+](=O)[O-])c1. The first-order chi connectivity index (χ1) is 9.61. The molecule has 0 fully saturated rings. The summed E-state index contributed by atoms with van der Waals surface area (Å²) >= 11 is 5.03. The van der Waals surface area contributed by atoms with Gasteiger partial charge < -0.3 is 10.1 Å². The Morgan fingerprint density at radius 1 is 1.45 bits per heavy atom. The predicted molar refractivity (Wildman–Crippen MR) is 83.6 cm³/mol. The quantitative estimate of drug-likeness (QED) is 0.614. The molecule has 0 aliphatic rings. The van der Waals surface area contributed by atoms with Crippen LogP contribution in [0.1, 0.15) is 11.8 Å². The van der Waals surface area contributed by atoms with Crippen LogP contribution in [0.15, 0.2) is 34.1 Å². The van der Waals surface area contributed by atoms with Crippen LogP contribution in [-0.4, -0.2) is 11.5 Å². The van der Waals surface area contributed by atoms with Crippen LogP contribution in [-0.2, 0) is 6.54 Å². The van der Waals surface area contributed by atoms with Crippen LogP contribution in [0.25, 0.3) is 0 Å². The van der Waals surface area contributed by atoms with Gasteiger partial charge in [0.2, 0.25) is 0 Å². The third-order valence-electron chi connectivity index (χ3n) is 2.61. The minimum Gasteiger partial charge on any atom is -0.494 e. The van der Waals surface area contributed by atoms with Crippen molar-refractivity contribution in [2.75, 3.05) is 11.9 Å². The molecule has 0 unspecified atom stereocenters. The third-order valence-corrected chi connectivity index (χ3v) is 4.53. The normalized spacial score (nSPS) is 10.3. The van der Waals surface area contributed by atoms with Crippen LogP contribution in [0.5, 0.6) is 5.75 Å². The molecule has 1 heterocycles. The summed E-state index contributed by atoms with van der Waals surface area (Å²) in [5.74, 6) is 0.502. The monoisotopic (exact) mass is 356 g/mol. The lowest BCUT2D eigenvalue weighted by Crippen LogP contribution is -2.02. The number of nitrogens with one attached hydrogen (secondary N) is 1. The molecule has 0 spiro atoms. The molecule has 0 atom stereocenters. The van der Waals surface area contributed by atoms with Gasteiger partial charge in [0.25, 0.3) is 5.69 Å². The second kappa shape index (κ2) is 6.71. The first-order valence-corrected chi connectivity index (χ1v) is 7.66. The van der Waals surface area contributed by atoms with Gasteiger partial charge in [0.05, 0.1) is 24.1 Å². The molecule has 20 heavy (non-hydrogen) atoms. The van der Waals surface area contributed by atoms with E-state index < -0.39 is 4.92 Å². The summed E-state index contributed by atoms with van der Waals surface area (Å²) in [6, 6.07) is 6.79. The molecule has 0 radical (unpaired) electrons. The predicted octanol–water partition coefficient (Wildman–Crippen LogP) is 4.43. The number of anilines is 1. The van der Waals surface area contributed by atoms with E-state index in [0.717, 1.165) is 9.35 Å². The molecule has 2 rings (SSSR count). The molecule has 7 heteroatoms. The number of hydrogen-bond acceptors (Lipinski definition) is 5. The highest BCUT2D eigenvalue weighted by molar-refractivity contribution is 9.10. The van der Waals surface area contributed by atoms with Crippen LogP contribution >= 0.6 is 27.3 Å². The Kier molecular flexibility index (Phi) is 4.97. The molecule has 0 saturated heterocycles. The number of thiophene rings is 1. The van der Waals surface area contributed by atoms with Crippen molar-refractivity contribution in [2.45, 2.75) is 13.5 Å². The molecule has 0 bridgehead atoms. The third kappa shape index (κ3) is 3.49. The van der Waals surface area contributed by atoms with Crippen molar-refractivity contribution < 1.29 is 9.66 Å². The smallest absolute Gasteiger partial charge is 0.296 e. The minimum atomic E-state index is -0.408. The van der Waals surface area contributed by atoms with Crippen LogP contribution in [0.4, 0.5) is 11.4 Å². The Labute approximate surface area is 128 Å². The van der Waals surface area contributed by atoms with Crippen molar-refractivity contribution in [1.82, 2.24) is 0 Å². The lowest BCUT2D eigenvalue weighted by molar-refractivity contribution is -0.384. The van der Waals surface area contributed by atoms with E-state index in [9.17, 15) is 10.1 Å². The van der Waals surface area contributed by atoms with Gasteiger partial charge in [-0.25, -0.2) is 0 Å². The Morgan fingerprint density at radius 3 is 2.85 bits per heavy atom. The second-order valence-corrected chi connectivity index (χ2v) is 5.77. The maximum Gasteiger partial charge on any atom is 0.296 e. The summed E-state index contributed by atoms with van der Waals surface area (Å²) in [4.78, 5) is 11.8. The Bertz CT molecular complexity index is 615. The van der Waals surface area contributed by atoms with Gasteiger partial charge >= 0.3 is 0 Å². The summed E-state index contributed by atoms with van der Waals surface area (Å²) in [6.45, 7) is 2.85. The highest BCUT2D eigenvalue weighted by Crippen LogP contribution is 2.31. The molecule has 0 saturated carbocycles. The number of benzene rings is 1. The van der Waals surface area contributed by atoms with Crippen molar-refractivity contribution in [1.29, 1.82) is 0 Å². The largest absolute Gasteiger partial charge is 0.494 e. The lowest BCUT2D eigenvalue weighted by atomic mass is 10.2. The van der Waals surface area contributed by atoms with Crippen molar-refractivity contribution in [2.24, 2.45) is 0 Å². The number of hydrogen-bond donors (Lipinski definition) is 1. The second-order valence-electron chi connectivity index (χ2n) is 3.91. The number of nitrogens with zero attached hydrogens (tertiary/aromatic N) is 1. The average molecular weight is 357 g/mol. The number of ether oxygens (including phenoxy) is 1. The zero-order valence-corrected chi connectivity index (χ0v) is 13.2. The summed E-state index contributed by atoms with van der Waals surface area (Å²) in [7, 11) is 0. The maximum atomic E-state index is 11.1. The van der Waals surface area contributed by atoms with E-state index in [1.165, 1.54) is 6.07 Å². The Morgan fingerprint density at radius 2 is 2.25 bits per heavy atom. The van der Waals surface area contributed by atoms with Gasteiger partial charge in [-0.2, -0.15) is 0 Å². The van der Waals surface area contributed by atoms with E-state index in [-0.39, 0.29) is 5.69 Å². The topological polar surface area (TPSA) is 64.4 Å².